The van der Waals surface area contributed by atoms with Gasteiger partial charge in [0.25, 0.3) is 5.69 Å². The number of nitro benzene ring substituents is 1. The van der Waals surface area contributed by atoms with Gasteiger partial charge >= 0.3 is 0 Å². The van der Waals surface area contributed by atoms with Gasteiger partial charge in [-0.2, -0.15) is 0 Å². The fraction of sp³-hybridized carbons (Fsp3) is 0.0476. The number of nitro groups is 1. The number of anilines is 1. The van der Waals surface area contributed by atoms with E-state index in [9.17, 15) is 14.9 Å². The molecule has 2 heterocycles. The van der Waals surface area contributed by atoms with Crippen molar-refractivity contribution in [2.45, 2.75) is 4.34 Å². The SMILES string of the molecule is O=C(CSc1nc2ccc([N+](=O)[O-])cc2s1)Nc1ccc2c(c1)oc1ccccc12. The molecule has 5 rings (SSSR count). The minimum absolute atomic E-state index is 0.0291. The quantitative estimate of drug-likeness (QED) is 0.212. The van der Waals surface area contributed by atoms with Gasteiger partial charge in [-0.3, -0.25) is 14.9 Å². The second kappa shape index (κ2) is 7.43. The van der Waals surface area contributed by atoms with E-state index >= 15 is 0 Å². The number of aromatic nitrogens is 1. The van der Waals surface area contributed by atoms with Gasteiger partial charge in [0.05, 0.1) is 20.9 Å². The van der Waals surface area contributed by atoms with Crippen molar-refractivity contribution in [1.29, 1.82) is 0 Å². The average Bonchev–Trinajstić information content (AvgIpc) is 3.31. The lowest BCUT2D eigenvalue weighted by Gasteiger charge is -2.04. The van der Waals surface area contributed by atoms with Gasteiger partial charge in [-0.1, -0.05) is 30.0 Å². The van der Waals surface area contributed by atoms with Gasteiger partial charge in [-0.05, 0) is 24.3 Å². The highest BCUT2D eigenvalue weighted by Gasteiger charge is 2.13. The number of para-hydroxylation sites is 1. The zero-order chi connectivity index (χ0) is 20.7. The van der Waals surface area contributed by atoms with E-state index in [1.165, 1.54) is 35.2 Å². The molecule has 0 saturated heterocycles. The molecule has 3 aromatic carbocycles. The van der Waals surface area contributed by atoms with Crippen molar-refractivity contribution in [1.82, 2.24) is 4.98 Å². The molecule has 9 heteroatoms. The monoisotopic (exact) mass is 435 g/mol. The minimum Gasteiger partial charge on any atom is -0.456 e. The summed E-state index contributed by atoms with van der Waals surface area (Å²) in [7, 11) is 0. The highest BCUT2D eigenvalue weighted by Crippen LogP contribution is 2.33. The molecule has 0 radical (unpaired) electrons. The predicted octanol–water partition coefficient (Wildman–Crippen LogP) is 5.83. The molecule has 1 amide bonds. The van der Waals surface area contributed by atoms with Crippen molar-refractivity contribution in [2.24, 2.45) is 0 Å². The van der Waals surface area contributed by atoms with E-state index in [1.807, 2.05) is 42.5 Å². The van der Waals surface area contributed by atoms with Crippen molar-refractivity contribution < 1.29 is 14.1 Å². The molecule has 0 aliphatic rings. The molecule has 0 atom stereocenters. The number of benzene rings is 3. The number of nitrogens with one attached hydrogen (secondary N) is 1. The van der Waals surface area contributed by atoms with Crippen LogP contribution in [0.4, 0.5) is 11.4 Å². The van der Waals surface area contributed by atoms with Crippen LogP contribution in [-0.4, -0.2) is 21.6 Å². The number of furan rings is 1. The first-order valence-corrected chi connectivity index (χ1v) is 10.8. The van der Waals surface area contributed by atoms with Crippen molar-refractivity contribution in [2.75, 3.05) is 11.1 Å². The molecule has 30 heavy (non-hydrogen) atoms. The van der Waals surface area contributed by atoms with E-state index in [0.29, 0.717) is 15.5 Å². The Morgan fingerprint density at radius 2 is 1.93 bits per heavy atom. The number of non-ortho nitro benzene ring substituents is 1. The van der Waals surface area contributed by atoms with Gasteiger partial charge in [-0.25, -0.2) is 4.98 Å². The van der Waals surface area contributed by atoms with Crippen LogP contribution in [0.5, 0.6) is 0 Å². The second-order valence-corrected chi connectivity index (χ2v) is 8.79. The summed E-state index contributed by atoms with van der Waals surface area (Å²) in [5, 5.41) is 15.8. The number of fused-ring (bicyclic) bond motifs is 4. The molecule has 5 aromatic rings. The van der Waals surface area contributed by atoms with Gasteiger partial charge in [0.1, 0.15) is 11.2 Å². The third kappa shape index (κ3) is 3.49. The Morgan fingerprint density at radius 1 is 1.10 bits per heavy atom. The van der Waals surface area contributed by atoms with Gasteiger partial charge in [0.15, 0.2) is 4.34 Å². The van der Waals surface area contributed by atoms with E-state index in [4.69, 9.17) is 4.42 Å². The highest BCUT2D eigenvalue weighted by atomic mass is 32.2. The number of carbonyl (C=O) groups excluding carboxylic acids is 1. The number of hydrogen-bond donors (Lipinski definition) is 1. The Morgan fingerprint density at radius 3 is 2.80 bits per heavy atom. The number of hydrogen-bond acceptors (Lipinski definition) is 7. The fourth-order valence-electron chi connectivity index (χ4n) is 3.20. The van der Waals surface area contributed by atoms with Crippen LogP contribution in [0.1, 0.15) is 0 Å². The fourth-order valence-corrected chi connectivity index (χ4v) is 5.10. The van der Waals surface area contributed by atoms with E-state index in [0.717, 1.165) is 26.6 Å². The van der Waals surface area contributed by atoms with Crippen LogP contribution in [0, 0.1) is 10.1 Å². The lowest BCUT2D eigenvalue weighted by atomic mass is 10.1. The molecule has 0 spiro atoms. The molecule has 0 unspecified atom stereocenters. The van der Waals surface area contributed by atoms with Crippen LogP contribution in [0.3, 0.4) is 0 Å². The lowest BCUT2D eigenvalue weighted by molar-refractivity contribution is -0.384. The summed E-state index contributed by atoms with van der Waals surface area (Å²) < 4.78 is 7.26. The Balaban J connectivity index is 1.28. The van der Waals surface area contributed by atoms with Gasteiger partial charge in [-0.15, -0.1) is 11.3 Å². The van der Waals surface area contributed by atoms with Crippen LogP contribution in [0.2, 0.25) is 0 Å². The minimum atomic E-state index is -0.432. The summed E-state index contributed by atoms with van der Waals surface area (Å²) in [6.07, 6.45) is 0. The molecule has 7 nitrogen and oxygen atoms in total. The van der Waals surface area contributed by atoms with Crippen LogP contribution >= 0.6 is 23.1 Å². The molecule has 2 aromatic heterocycles. The van der Waals surface area contributed by atoms with E-state index in [2.05, 4.69) is 10.3 Å². The zero-order valence-corrected chi connectivity index (χ0v) is 17.0. The number of amides is 1. The number of thioether (sulfide) groups is 1. The summed E-state index contributed by atoms with van der Waals surface area (Å²) in [4.78, 5) is 27.3. The first-order valence-electron chi connectivity index (χ1n) is 8.96. The van der Waals surface area contributed by atoms with Crippen LogP contribution < -0.4 is 5.32 Å². The third-order valence-corrected chi connectivity index (χ3v) is 6.71. The predicted molar refractivity (Wildman–Crippen MR) is 119 cm³/mol. The molecular formula is C21H13N3O4S2. The number of carbonyl (C=O) groups is 1. The number of thiazole rings is 1. The number of rotatable bonds is 5. The summed E-state index contributed by atoms with van der Waals surface area (Å²) in [6.45, 7) is 0. The summed E-state index contributed by atoms with van der Waals surface area (Å²) >= 11 is 2.63. The van der Waals surface area contributed by atoms with Gasteiger partial charge < -0.3 is 9.73 Å². The maximum atomic E-state index is 12.4. The molecule has 0 aliphatic carbocycles. The summed E-state index contributed by atoms with van der Waals surface area (Å²) in [5.41, 5.74) is 2.90. The Kier molecular flexibility index (Phi) is 4.61. The Hall–Kier alpha value is -3.43. The van der Waals surface area contributed by atoms with Crippen molar-refractivity contribution in [3.63, 3.8) is 0 Å². The maximum Gasteiger partial charge on any atom is 0.270 e. The van der Waals surface area contributed by atoms with Gasteiger partial charge in [0, 0.05) is 34.7 Å². The summed E-state index contributed by atoms with van der Waals surface area (Å²) in [5.74, 6) is 0.0146. The van der Waals surface area contributed by atoms with E-state index in [1.54, 1.807) is 6.07 Å². The van der Waals surface area contributed by atoms with Crippen LogP contribution in [-0.2, 0) is 4.79 Å². The normalized spacial score (nSPS) is 11.3. The largest absolute Gasteiger partial charge is 0.456 e. The van der Waals surface area contributed by atoms with E-state index in [-0.39, 0.29) is 17.3 Å². The Labute approximate surface area is 177 Å². The standard InChI is InChI=1S/C21H13N3O4S2/c25-20(11-29-21-23-16-8-6-13(24(26)27)10-19(16)30-21)22-12-5-7-15-14-3-1-2-4-17(14)28-18(15)9-12/h1-10H,11H2,(H,22,25). The topological polar surface area (TPSA) is 98.3 Å². The molecule has 1 N–H and O–H groups in total. The first-order chi connectivity index (χ1) is 14.6. The molecule has 148 valence electrons. The molecule has 0 bridgehead atoms. The van der Waals surface area contributed by atoms with Crippen LogP contribution in [0.25, 0.3) is 32.2 Å². The van der Waals surface area contributed by atoms with Crippen molar-refractivity contribution >= 4 is 72.5 Å². The van der Waals surface area contributed by atoms with Gasteiger partial charge in [0.2, 0.25) is 5.91 Å². The average molecular weight is 435 g/mol. The van der Waals surface area contributed by atoms with E-state index < -0.39 is 4.92 Å². The van der Waals surface area contributed by atoms with Crippen LogP contribution in [0.15, 0.2) is 69.4 Å². The van der Waals surface area contributed by atoms with Crippen molar-refractivity contribution in [3.8, 4) is 0 Å². The van der Waals surface area contributed by atoms with Crippen molar-refractivity contribution in [3.05, 3.63) is 70.8 Å². The highest BCUT2D eigenvalue weighted by molar-refractivity contribution is 8.01. The second-order valence-electron chi connectivity index (χ2n) is 6.53. The third-order valence-electron chi connectivity index (χ3n) is 4.55. The first kappa shape index (κ1) is 18.6. The number of nitrogens with zero attached hydrogens (tertiary/aromatic N) is 2. The summed E-state index contributed by atoms with van der Waals surface area (Å²) in [6, 6.07) is 17.9. The lowest BCUT2D eigenvalue weighted by Crippen LogP contribution is -2.13. The zero-order valence-electron chi connectivity index (χ0n) is 15.3. The smallest absolute Gasteiger partial charge is 0.270 e. The molecule has 0 fully saturated rings. The maximum absolute atomic E-state index is 12.4. The molecular weight excluding hydrogens is 422 g/mol. The Bertz CT molecular complexity index is 1440. The molecule has 0 aliphatic heterocycles. The molecule has 0 saturated carbocycles.